The Labute approximate surface area is 155 Å². The van der Waals surface area contributed by atoms with Gasteiger partial charge in [0.2, 0.25) is 5.89 Å². The van der Waals surface area contributed by atoms with Gasteiger partial charge >= 0.3 is 0 Å². The van der Waals surface area contributed by atoms with Crippen molar-refractivity contribution in [1.29, 1.82) is 0 Å². The summed E-state index contributed by atoms with van der Waals surface area (Å²) >= 11 is 0. The van der Waals surface area contributed by atoms with Crippen molar-refractivity contribution in [2.75, 3.05) is 0 Å². The molecule has 1 aromatic carbocycles. The standard InChI is InChI=1S/C21H29N3O2/c1-14(2)16(4)24(11-17-7-5-6-15(3)10-17)12-20-23-19(13-26-20)21(25)22-18-8-9-18/h5-7,10,13-14,16,18H,8-9,11-12H2,1-4H3,(H,22,25). The Bertz CT molecular complexity index is 749. The third-order valence-electron chi connectivity index (χ3n) is 5.04. The molecule has 0 bridgehead atoms. The van der Waals surface area contributed by atoms with Crippen LogP contribution in [0.3, 0.4) is 0 Å². The van der Waals surface area contributed by atoms with Crippen molar-refractivity contribution in [3.63, 3.8) is 0 Å². The number of aromatic nitrogens is 1. The first-order chi connectivity index (χ1) is 12.4. The van der Waals surface area contributed by atoms with Crippen LogP contribution in [0.4, 0.5) is 0 Å². The van der Waals surface area contributed by atoms with Crippen LogP contribution in [0.2, 0.25) is 0 Å². The van der Waals surface area contributed by atoms with Gasteiger partial charge in [-0.15, -0.1) is 0 Å². The number of benzene rings is 1. The van der Waals surface area contributed by atoms with E-state index >= 15 is 0 Å². The Morgan fingerprint density at radius 1 is 1.31 bits per heavy atom. The molecule has 26 heavy (non-hydrogen) atoms. The molecule has 0 saturated heterocycles. The van der Waals surface area contributed by atoms with Crippen LogP contribution in [0.15, 0.2) is 34.9 Å². The number of nitrogens with one attached hydrogen (secondary N) is 1. The first-order valence-electron chi connectivity index (χ1n) is 9.47. The average Bonchev–Trinajstić information content (AvgIpc) is 3.28. The summed E-state index contributed by atoms with van der Waals surface area (Å²) in [5, 5.41) is 2.95. The Balaban J connectivity index is 1.70. The zero-order valence-electron chi connectivity index (χ0n) is 16.2. The second-order valence-corrected chi connectivity index (χ2v) is 7.75. The van der Waals surface area contributed by atoms with Crippen molar-refractivity contribution < 1.29 is 9.21 Å². The van der Waals surface area contributed by atoms with Gasteiger partial charge in [0.25, 0.3) is 5.91 Å². The lowest BCUT2D eigenvalue weighted by Gasteiger charge is -2.30. The highest BCUT2D eigenvalue weighted by Crippen LogP contribution is 2.20. The molecule has 140 valence electrons. The summed E-state index contributed by atoms with van der Waals surface area (Å²) in [6, 6.07) is 9.25. The summed E-state index contributed by atoms with van der Waals surface area (Å²) < 4.78 is 5.60. The molecule has 2 aromatic rings. The van der Waals surface area contributed by atoms with Crippen molar-refractivity contribution in [3.8, 4) is 0 Å². The molecule has 1 fully saturated rings. The molecule has 0 radical (unpaired) electrons. The van der Waals surface area contributed by atoms with Crippen LogP contribution in [-0.4, -0.2) is 27.9 Å². The zero-order valence-corrected chi connectivity index (χ0v) is 16.2. The topological polar surface area (TPSA) is 58.4 Å². The third-order valence-corrected chi connectivity index (χ3v) is 5.04. The van der Waals surface area contributed by atoms with Gasteiger partial charge in [-0.3, -0.25) is 9.69 Å². The fraction of sp³-hybridized carbons (Fsp3) is 0.524. The van der Waals surface area contributed by atoms with E-state index in [0.717, 1.165) is 19.4 Å². The van der Waals surface area contributed by atoms with E-state index in [2.05, 4.69) is 67.2 Å². The van der Waals surface area contributed by atoms with E-state index in [4.69, 9.17) is 4.42 Å². The quantitative estimate of drug-likeness (QED) is 0.780. The molecule has 1 aliphatic carbocycles. The zero-order chi connectivity index (χ0) is 18.7. The predicted molar refractivity (Wildman–Crippen MR) is 102 cm³/mol. The fourth-order valence-corrected chi connectivity index (χ4v) is 2.96. The maximum Gasteiger partial charge on any atom is 0.273 e. The highest BCUT2D eigenvalue weighted by molar-refractivity contribution is 5.92. The van der Waals surface area contributed by atoms with Crippen LogP contribution in [0.1, 0.15) is 61.1 Å². The molecule has 1 unspecified atom stereocenters. The minimum absolute atomic E-state index is 0.135. The number of hydrogen-bond acceptors (Lipinski definition) is 4. The number of hydrogen-bond donors (Lipinski definition) is 1. The van der Waals surface area contributed by atoms with Crippen molar-refractivity contribution >= 4 is 5.91 Å². The Morgan fingerprint density at radius 2 is 2.08 bits per heavy atom. The molecule has 1 N–H and O–H groups in total. The average molecular weight is 355 g/mol. The number of carbonyl (C=O) groups excluding carboxylic acids is 1. The van der Waals surface area contributed by atoms with Gasteiger partial charge in [-0.05, 0) is 38.2 Å². The fourth-order valence-electron chi connectivity index (χ4n) is 2.96. The molecule has 1 saturated carbocycles. The molecule has 0 aliphatic heterocycles. The van der Waals surface area contributed by atoms with Crippen LogP contribution in [0.25, 0.3) is 0 Å². The van der Waals surface area contributed by atoms with Gasteiger partial charge < -0.3 is 9.73 Å². The van der Waals surface area contributed by atoms with Crippen LogP contribution in [0, 0.1) is 12.8 Å². The summed E-state index contributed by atoms with van der Waals surface area (Å²) in [5.41, 5.74) is 2.91. The highest BCUT2D eigenvalue weighted by Gasteiger charge is 2.26. The summed E-state index contributed by atoms with van der Waals surface area (Å²) in [5.74, 6) is 0.961. The Kier molecular flexibility index (Phi) is 5.77. The van der Waals surface area contributed by atoms with Crippen molar-refractivity contribution in [3.05, 3.63) is 53.2 Å². The van der Waals surface area contributed by atoms with Crippen LogP contribution in [0.5, 0.6) is 0 Å². The van der Waals surface area contributed by atoms with Gasteiger partial charge in [0, 0.05) is 18.6 Å². The molecular formula is C21H29N3O2. The monoisotopic (exact) mass is 355 g/mol. The number of rotatable bonds is 8. The van der Waals surface area contributed by atoms with Gasteiger partial charge in [-0.1, -0.05) is 43.7 Å². The normalized spacial score (nSPS) is 15.5. The van der Waals surface area contributed by atoms with Crippen LogP contribution < -0.4 is 5.32 Å². The third kappa shape index (κ3) is 4.94. The highest BCUT2D eigenvalue weighted by atomic mass is 16.3. The van der Waals surface area contributed by atoms with Gasteiger partial charge in [0.15, 0.2) is 5.69 Å². The number of nitrogens with zero attached hydrogens (tertiary/aromatic N) is 2. The Morgan fingerprint density at radius 3 is 2.73 bits per heavy atom. The lowest BCUT2D eigenvalue weighted by molar-refractivity contribution is 0.0945. The minimum atomic E-state index is -0.135. The molecule has 1 atom stereocenters. The largest absolute Gasteiger partial charge is 0.447 e. The lowest BCUT2D eigenvalue weighted by atomic mass is 10.0. The van der Waals surface area contributed by atoms with Crippen LogP contribution in [-0.2, 0) is 13.1 Å². The van der Waals surface area contributed by atoms with Crippen molar-refractivity contribution in [2.45, 2.75) is 65.7 Å². The summed E-state index contributed by atoms with van der Waals surface area (Å²) in [6.45, 7) is 10.2. The minimum Gasteiger partial charge on any atom is -0.447 e. The maximum absolute atomic E-state index is 12.1. The van der Waals surface area contributed by atoms with Crippen LogP contribution >= 0.6 is 0 Å². The van der Waals surface area contributed by atoms with Gasteiger partial charge in [0.1, 0.15) is 6.26 Å². The van der Waals surface area contributed by atoms with Crippen molar-refractivity contribution in [2.24, 2.45) is 5.92 Å². The first-order valence-corrected chi connectivity index (χ1v) is 9.47. The van der Waals surface area contributed by atoms with E-state index in [-0.39, 0.29) is 5.91 Å². The second kappa shape index (κ2) is 8.04. The van der Waals surface area contributed by atoms with Gasteiger partial charge in [-0.2, -0.15) is 0 Å². The maximum atomic E-state index is 12.1. The van der Waals surface area contributed by atoms with Gasteiger partial charge in [-0.25, -0.2) is 4.98 Å². The molecule has 5 nitrogen and oxygen atoms in total. The molecule has 1 aromatic heterocycles. The van der Waals surface area contributed by atoms with E-state index in [1.165, 1.54) is 17.4 Å². The molecule has 3 rings (SSSR count). The number of aryl methyl sites for hydroxylation is 1. The number of carbonyl (C=O) groups is 1. The summed E-state index contributed by atoms with van der Waals surface area (Å²) in [7, 11) is 0. The van der Waals surface area contributed by atoms with E-state index < -0.39 is 0 Å². The molecule has 5 heteroatoms. The second-order valence-electron chi connectivity index (χ2n) is 7.75. The smallest absolute Gasteiger partial charge is 0.273 e. The summed E-state index contributed by atoms with van der Waals surface area (Å²) in [6.07, 6.45) is 3.59. The van der Waals surface area contributed by atoms with E-state index in [1.54, 1.807) is 0 Å². The molecule has 1 heterocycles. The molecule has 0 spiro atoms. The SMILES string of the molecule is Cc1cccc(CN(Cc2nc(C(=O)NC3CC3)co2)C(C)C(C)C)c1. The molecule has 1 aliphatic rings. The van der Waals surface area contributed by atoms with Crippen molar-refractivity contribution in [1.82, 2.24) is 15.2 Å². The van der Waals surface area contributed by atoms with E-state index in [1.807, 2.05) is 0 Å². The number of amides is 1. The summed E-state index contributed by atoms with van der Waals surface area (Å²) in [4.78, 5) is 18.9. The predicted octanol–water partition coefficient (Wildman–Crippen LogP) is 3.92. The van der Waals surface area contributed by atoms with E-state index in [9.17, 15) is 4.79 Å². The van der Waals surface area contributed by atoms with Gasteiger partial charge in [0.05, 0.1) is 6.54 Å². The van der Waals surface area contributed by atoms with E-state index in [0.29, 0.717) is 36.1 Å². The molecular weight excluding hydrogens is 326 g/mol. The first kappa shape index (κ1) is 18.6. The molecule has 1 amide bonds. The lowest BCUT2D eigenvalue weighted by Crippen LogP contribution is -2.36. The Hall–Kier alpha value is -2.14. The number of oxazole rings is 1.